The summed E-state index contributed by atoms with van der Waals surface area (Å²) in [6.07, 6.45) is 20.7. The summed E-state index contributed by atoms with van der Waals surface area (Å²) in [4.78, 5) is 0. The average Bonchev–Trinajstić information content (AvgIpc) is 2.85. The van der Waals surface area contributed by atoms with Crippen LogP contribution >= 0.6 is 0 Å². The zero-order valence-electron chi connectivity index (χ0n) is 24.9. The molecule has 0 aliphatic heterocycles. The number of hydrogen-bond donors (Lipinski definition) is 0. The van der Waals surface area contributed by atoms with Crippen molar-refractivity contribution in [2.45, 2.75) is 150 Å². The van der Waals surface area contributed by atoms with Gasteiger partial charge in [-0.2, -0.15) is 0 Å². The Labute approximate surface area is 225 Å². The van der Waals surface area contributed by atoms with Gasteiger partial charge < -0.3 is 0 Å². The van der Waals surface area contributed by atoms with Crippen molar-refractivity contribution in [3.63, 3.8) is 0 Å². The molecule has 0 heteroatoms. The highest BCUT2D eigenvalue weighted by Crippen LogP contribution is 2.36. The van der Waals surface area contributed by atoms with Gasteiger partial charge in [-0.25, -0.2) is 0 Å². The van der Waals surface area contributed by atoms with E-state index in [2.05, 4.69) is 77.9 Å². The second kappa shape index (κ2) is 17.8. The van der Waals surface area contributed by atoms with Crippen LogP contribution in [0, 0.1) is 5.92 Å². The minimum absolute atomic E-state index is 0.514. The van der Waals surface area contributed by atoms with E-state index < -0.39 is 0 Å². The SMILES string of the molecule is CCCCCCCCC(C)CC(c1cc(CCC)cc(CCC)c1)c1cc(CCC)cc(CCC)c1. The van der Waals surface area contributed by atoms with Crippen LogP contribution in [0.15, 0.2) is 36.4 Å². The van der Waals surface area contributed by atoms with Gasteiger partial charge in [-0.15, -0.1) is 0 Å². The number of hydrogen-bond acceptors (Lipinski definition) is 0. The highest BCUT2D eigenvalue weighted by atomic mass is 14.2. The molecule has 0 aromatic heterocycles. The third-order valence-corrected chi connectivity index (χ3v) is 7.80. The van der Waals surface area contributed by atoms with Crippen LogP contribution in [0.5, 0.6) is 0 Å². The summed E-state index contributed by atoms with van der Waals surface area (Å²) in [5.74, 6) is 1.27. The van der Waals surface area contributed by atoms with Gasteiger partial charge in [-0.1, -0.05) is 149 Å². The standard InChI is InChI=1S/C36H58/c1-7-12-13-14-15-16-21-29(6)22-36(34-25-30(17-8-2)23-31(26-34)18-9-3)35-27-32(19-10-4)24-33(28-35)20-11-5/h23-29,36H,7-22H2,1-6H3. The van der Waals surface area contributed by atoms with E-state index in [1.165, 1.54) is 103 Å². The molecular formula is C36H58. The van der Waals surface area contributed by atoms with Crippen LogP contribution < -0.4 is 0 Å². The molecule has 0 bridgehead atoms. The predicted molar refractivity (Wildman–Crippen MR) is 162 cm³/mol. The molecule has 2 aromatic carbocycles. The first-order chi connectivity index (χ1) is 17.5. The molecule has 202 valence electrons. The van der Waals surface area contributed by atoms with Gasteiger partial charge in [0.1, 0.15) is 0 Å². The molecule has 0 spiro atoms. The predicted octanol–water partition coefficient (Wildman–Crippen LogP) is 11.4. The van der Waals surface area contributed by atoms with E-state index in [4.69, 9.17) is 0 Å². The van der Waals surface area contributed by atoms with Crippen molar-refractivity contribution in [3.05, 3.63) is 69.8 Å². The van der Waals surface area contributed by atoms with Crippen LogP contribution in [0.4, 0.5) is 0 Å². The van der Waals surface area contributed by atoms with Crippen molar-refractivity contribution >= 4 is 0 Å². The fourth-order valence-electron chi connectivity index (χ4n) is 5.97. The monoisotopic (exact) mass is 490 g/mol. The van der Waals surface area contributed by atoms with Gasteiger partial charge in [-0.05, 0) is 71.4 Å². The summed E-state index contributed by atoms with van der Waals surface area (Å²) in [5.41, 5.74) is 9.35. The van der Waals surface area contributed by atoms with Crippen LogP contribution in [0.25, 0.3) is 0 Å². The Balaban J connectivity index is 2.38. The minimum atomic E-state index is 0.514. The minimum Gasteiger partial charge on any atom is -0.0654 e. The fourth-order valence-corrected chi connectivity index (χ4v) is 5.97. The lowest BCUT2D eigenvalue weighted by molar-refractivity contribution is 0.436. The number of aryl methyl sites for hydroxylation is 4. The smallest absolute Gasteiger partial charge is 0.00922 e. The Morgan fingerprint density at radius 2 is 0.861 bits per heavy atom. The second-order valence-corrected chi connectivity index (χ2v) is 11.6. The third-order valence-electron chi connectivity index (χ3n) is 7.80. The maximum atomic E-state index is 2.57. The van der Waals surface area contributed by atoms with Crippen molar-refractivity contribution in [1.29, 1.82) is 0 Å². The van der Waals surface area contributed by atoms with Crippen LogP contribution in [0.3, 0.4) is 0 Å². The maximum absolute atomic E-state index is 2.57. The lowest BCUT2D eigenvalue weighted by atomic mass is 9.80. The van der Waals surface area contributed by atoms with Crippen molar-refractivity contribution in [2.75, 3.05) is 0 Å². The van der Waals surface area contributed by atoms with Gasteiger partial charge in [0.2, 0.25) is 0 Å². The summed E-state index contributed by atoms with van der Waals surface area (Å²) >= 11 is 0. The maximum Gasteiger partial charge on any atom is 0.00922 e. The van der Waals surface area contributed by atoms with E-state index >= 15 is 0 Å². The number of rotatable bonds is 19. The summed E-state index contributed by atoms with van der Waals surface area (Å²) in [6, 6.07) is 15.2. The second-order valence-electron chi connectivity index (χ2n) is 11.6. The highest BCUT2D eigenvalue weighted by Gasteiger charge is 2.20. The molecule has 0 N–H and O–H groups in total. The van der Waals surface area contributed by atoms with E-state index in [0.29, 0.717) is 5.92 Å². The molecule has 1 unspecified atom stereocenters. The zero-order valence-corrected chi connectivity index (χ0v) is 24.9. The van der Waals surface area contributed by atoms with Crippen molar-refractivity contribution < 1.29 is 0 Å². The Morgan fingerprint density at radius 3 is 1.25 bits per heavy atom. The summed E-state index contributed by atoms with van der Waals surface area (Å²) < 4.78 is 0. The summed E-state index contributed by atoms with van der Waals surface area (Å²) in [5, 5.41) is 0. The molecule has 2 rings (SSSR count). The average molecular weight is 491 g/mol. The normalized spacial score (nSPS) is 12.4. The van der Waals surface area contributed by atoms with Crippen molar-refractivity contribution in [3.8, 4) is 0 Å². The highest BCUT2D eigenvalue weighted by molar-refractivity contribution is 5.41. The molecule has 0 aliphatic rings. The molecule has 2 aromatic rings. The number of benzene rings is 2. The first kappa shape index (κ1) is 30.7. The topological polar surface area (TPSA) is 0 Å². The van der Waals surface area contributed by atoms with Crippen LogP contribution in [-0.2, 0) is 25.7 Å². The van der Waals surface area contributed by atoms with Crippen LogP contribution in [-0.4, -0.2) is 0 Å². The van der Waals surface area contributed by atoms with Gasteiger partial charge in [0.25, 0.3) is 0 Å². The van der Waals surface area contributed by atoms with Crippen LogP contribution in [0.2, 0.25) is 0 Å². The molecule has 0 saturated carbocycles. The van der Waals surface area contributed by atoms with Gasteiger partial charge >= 0.3 is 0 Å². The molecule has 0 aliphatic carbocycles. The molecule has 0 radical (unpaired) electrons. The van der Waals surface area contributed by atoms with Crippen LogP contribution in [0.1, 0.15) is 158 Å². The van der Waals surface area contributed by atoms with E-state index in [1.807, 2.05) is 0 Å². The van der Waals surface area contributed by atoms with Gasteiger partial charge in [0.05, 0.1) is 0 Å². The van der Waals surface area contributed by atoms with E-state index in [0.717, 1.165) is 5.92 Å². The largest absolute Gasteiger partial charge is 0.0654 e. The molecule has 36 heavy (non-hydrogen) atoms. The molecule has 0 fully saturated rings. The molecular weight excluding hydrogens is 432 g/mol. The van der Waals surface area contributed by atoms with Crippen molar-refractivity contribution in [2.24, 2.45) is 5.92 Å². The molecule has 0 heterocycles. The van der Waals surface area contributed by atoms with E-state index in [-0.39, 0.29) is 0 Å². The Bertz CT molecular complexity index is 737. The first-order valence-electron chi connectivity index (χ1n) is 15.8. The van der Waals surface area contributed by atoms with Gasteiger partial charge in [-0.3, -0.25) is 0 Å². The Hall–Kier alpha value is -1.56. The lowest BCUT2D eigenvalue weighted by Crippen LogP contribution is -2.10. The van der Waals surface area contributed by atoms with Crippen molar-refractivity contribution in [1.82, 2.24) is 0 Å². The van der Waals surface area contributed by atoms with E-state index in [1.54, 1.807) is 33.4 Å². The fraction of sp³-hybridized carbons (Fsp3) is 0.667. The lowest BCUT2D eigenvalue weighted by Gasteiger charge is -2.25. The molecule has 1 atom stereocenters. The molecule has 0 saturated heterocycles. The Kier molecular flexibility index (Phi) is 15.2. The molecule has 0 nitrogen and oxygen atoms in total. The summed E-state index contributed by atoms with van der Waals surface area (Å²) in [7, 11) is 0. The quantitative estimate of drug-likeness (QED) is 0.172. The molecule has 0 amide bonds. The summed E-state index contributed by atoms with van der Waals surface area (Å²) in [6.45, 7) is 14.1. The number of unbranched alkanes of at least 4 members (excludes halogenated alkanes) is 5. The van der Waals surface area contributed by atoms with Gasteiger partial charge in [0.15, 0.2) is 0 Å². The van der Waals surface area contributed by atoms with E-state index in [9.17, 15) is 0 Å². The first-order valence-corrected chi connectivity index (χ1v) is 15.8. The third kappa shape index (κ3) is 10.8. The Morgan fingerprint density at radius 1 is 0.472 bits per heavy atom. The van der Waals surface area contributed by atoms with Gasteiger partial charge in [0, 0.05) is 5.92 Å². The zero-order chi connectivity index (χ0) is 26.2.